The summed E-state index contributed by atoms with van der Waals surface area (Å²) in [5.41, 5.74) is 0.765. The van der Waals surface area contributed by atoms with Gasteiger partial charge in [0.1, 0.15) is 6.54 Å². The molecule has 0 saturated heterocycles. The van der Waals surface area contributed by atoms with Crippen LogP contribution in [-0.4, -0.2) is 45.4 Å². The van der Waals surface area contributed by atoms with Crippen molar-refractivity contribution in [1.82, 2.24) is 25.5 Å². The van der Waals surface area contributed by atoms with E-state index in [1.807, 2.05) is 32.0 Å². The maximum atomic E-state index is 12.2. The Hall–Kier alpha value is -2.64. The third kappa shape index (κ3) is 5.18. The topological polar surface area (TPSA) is 91.2 Å². The van der Waals surface area contributed by atoms with Crippen molar-refractivity contribution in [2.24, 2.45) is 0 Å². The SMILES string of the molecule is CCOc1ccc(-c2nnn(CC(=O)NC3CCCCC3)n2)cc1OCC. The fraction of sp³-hybridized carbons (Fsp3) is 0.579. The summed E-state index contributed by atoms with van der Waals surface area (Å²) in [5, 5.41) is 15.5. The molecule has 1 aliphatic rings. The molecule has 1 saturated carbocycles. The highest BCUT2D eigenvalue weighted by Crippen LogP contribution is 2.31. The number of amides is 1. The summed E-state index contributed by atoms with van der Waals surface area (Å²) in [6, 6.07) is 5.80. The van der Waals surface area contributed by atoms with Crippen molar-refractivity contribution in [3.8, 4) is 22.9 Å². The van der Waals surface area contributed by atoms with Gasteiger partial charge >= 0.3 is 0 Å². The van der Waals surface area contributed by atoms with Crippen molar-refractivity contribution in [3.05, 3.63) is 18.2 Å². The first-order valence-corrected chi connectivity index (χ1v) is 9.66. The zero-order valence-electron chi connectivity index (χ0n) is 16.0. The zero-order chi connectivity index (χ0) is 19.1. The second kappa shape index (κ2) is 9.34. The standard InChI is InChI=1S/C19H27N5O3/c1-3-26-16-11-10-14(12-17(16)27-4-2)19-21-23-24(22-19)13-18(25)20-15-8-6-5-7-9-15/h10-12,15H,3-9,13H2,1-2H3,(H,20,25). The van der Waals surface area contributed by atoms with Crippen LogP contribution in [0.3, 0.4) is 0 Å². The number of hydrogen-bond donors (Lipinski definition) is 1. The average molecular weight is 373 g/mol. The predicted molar refractivity (Wildman–Crippen MR) is 101 cm³/mol. The van der Waals surface area contributed by atoms with Gasteiger partial charge in [0.2, 0.25) is 11.7 Å². The van der Waals surface area contributed by atoms with Crippen LogP contribution in [0, 0.1) is 0 Å². The van der Waals surface area contributed by atoms with Crippen molar-refractivity contribution >= 4 is 5.91 Å². The molecule has 1 N–H and O–H groups in total. The summed E-state index contributed by atoms with van der Waals surface area (Å²) in [6.45, 7) is 5.00. The molecule has 146 valence electrons. The molecule has 1 aromatic carbocycles. The van der Waals surface area contributed by atoms with Crippen molar-refractivity contribution in [3.63, 3.8) is 0 Å². The number of hydrogen-bond acceptors (Lipinski definition) is 6. The summed E-state index contributed by atoms with van der Waals surface area (Å²) in [4.78, 5) is 13.5. The van der Waals surface area contributed by atoms with Crippen LogP contribution in [0.1, 0.15) is 46.0 Å². The van der Waals surface area contributed by atoms with Crippen molar-refractivity contribution < 1.29 is 14.3 Å². The number of nitrogens with one attached hydrogen (secondary N) is 1. The van der Waals surface area contributed by atoms with E-state index in [4.69, 9.17) is 9.47 Å². The number of benzene rings is 1. The van der Waals surface area contributed by atoms with Gasteiger partial charge in [-0.25, -0.2) is 0 Å². The lowest BCUT2D eigenvalue weighted by Crippen LogP contribution is -2.38. The van der Waals surface area contributed by atoms with Crippen LogP contribution < -0.4 is 14.8 Å². The minimum atomic E-state index is -0.0763. The summed E-state index contributed by atoms with van der Waals surface area (Å²) >= 11 is 0. The fourth-order valence-electron chi connectivity index (χ4n) is 3.26. The van der Waals surface area contributed by atoms with E-state index >= 15 is 0 Å². The summed E-state index contributed by atoms with van der Waals surface area (Å²) in [5.74, 6) is 1.70. The van der Waals surface area contributed by atoms with Gasteiger partial charge in [-0.05, 0) is 50.1 Å². The highest BCUT2D eigenvalue weighted by Gasteiger charge is 2.17. The molecular formula is C19H27N5O3. The van der Waals surface area contributed by atoms with E-state index in [-0.39, 0.29) is 18.5 Å². The van der Waals surface area contributed by atoms with Gasteiger partial charge in [-0.1, -0.05) is 19.3 Å². The number of carbonyl (C=O) groups is 1. The molecule has 2 aromatic rings. The van der Waals surface area contributed by atoms with Gasteiger partial charge in [0.25, 0.3) is 0 Å². The number of aromatic nitrogens is 4. The molecule has 1 fully saturated rings. The van der Waals surface area contributed by atoms with Gasteiger partial charge in [-0.2, -0.15) is 4.80 Å². The Morgan fingerprint density at radius 2 is 1.89 bits per heavy atom. The quantitative estimate of drug-likeness (QED) is 0.765. The second-order valence-electron chi connectivity index (χ2n) is 6.57. The van der Waals surface area contributed by atoms with Gasteiger partial charge in [0.15, 0.2) is 11.5 Å². The molecule has 0 atom stereocenters. The molecule has 0 unspecified atom stereocenters. The molecule has 0 spiro atoms. The maximum Gasteiger partial charge on any atom is 0.243 e. The maximum absolute atomic E-state index is 12.2. The van der Waals surface area contributed by atoms with Crippen molar-refractivity contribution in [1.29, 1.82) is 0 Å². The summed E-state index contributed by atoms with van der Waals surface area (Å²) < 4.78 is 11.2. The Labute approximate surface area is 159 Å². The molecule has 1 heterocycles. The van der Waals surface area contributed by atoms with E-state index in [1.54, 1.807) is 0 Å². The number of tetrazole rings is 1. The molecule has 1 aliphatic carbocycles. The molecule has 0 bridgehead atoms. The largest absolute Gasteiger partial charge is 0.490 e. The third-order valence-corrected chi connectivity index (χ3v) is 4.51. The van der Waals surface area contributed by atoms with Crippen LogP contribution in [0.25, 0.3) is 11.4 Å². The Kier molecular flexibility index (Phi) is 6.62. The Bertz CT molecular complexity index is 756. The van der Waals surface area contributed by atoms with E-state index in [0.717, 1.165) is 18.4 Å². The van der Waals surface area contributed by atoms with E-state index in [9.17, 15) is 4.79 Å². The number of ether oxygens (including phenoxy) is 2. The fourth-order valence-corrected chi connectivity index (χ4v) is 3.26. The van der Waals surface area contributed by atoms with E-state index < -0.39 is 0 Å². The Morgan fingerprint density at radius 1 is 1.15 bits per heavy atom. The Balaban J connectivity index is 1.65. The molecule has 0 radical (unpaired) electrons. The van der Waals surface area contributed by atoms with Crippen LogP contribution in [-0.2, 0) is 11.3 Å². The first kappa shape index (κ1) is 19.1. The highest BCUT2D eigenvalue weighted by atomic mass is 16.5. The van der Waals surface area contributed by atoms with Gasteiger partial charge in [0.05, 0.1) is 13.2 Å². The highest BCUT2D eigenvalue weighted by molar-refractivity contribution is 5.75. The van der Waals surface area contributed by atoms with Crippen LogP contribution in [0.5, 0.6) is 11.5 Å². The summed E-state index contributed by atoms with van der Waals surface area (Å²) in [6.07, 6.45) is 5.71. The van der Waals surface area contributed by atoms with Gasteiger partial charge in [0, 0.05) is 11.6 Å². The van der Waals surface area contributed by atoms with Gasteiger partial charge < -0.3 is 14.8 Å². The van der Waals surface area contributed by atoms with Crippen molar-refractivity contribution in [2.45, 2.75) is 58.5 Å². The van der Waals surface area contributed by atoms with Crippen molar-refractivity contribution in [2.75, 3.05) is 13.2 Å². The van der Waals surface area contributed by atoms with E-state index in [1.165, 1.54) is 24.1 Å². The number of rotatable bonds is 8. The predicted octanol–water partition coefficient (Wildman–Crippen LogP) is 2.59. The van der Waals surface area contributed by atoms with E-state index in [2.05, 4.69) is 20.7 Å². The average Bonchev–Trinajstić information content (AvgIpc) is 3.12. The normalized spacial score (nSPS) is 14.7. The first-order chi connectivity index (χ1) is 13.2. The van der Waals surface area contributed by atoms with Crippen LogP contribution in [0.4, 0.5) is 0 Å². The lowest BCUT2D eigenvalue weighted by atomic mass is 9.95. The Morgan fingerprint density at radius 3 is 2.63 bits per heavy atom. The van der Waals surface area contributed by atoms with E-state index in [0.29, 0.717) is 30.5 Å². The molecular weight excluding hydrogens is 346 g/mol. The third-order valence-electron chi connectivity index (χ3n) is 4.51. The summed E-state index contributed by atoms with van der Waals surface area (Å²) in [7, 11) is 0. The number of carbonyl (C=O) groups excluding carboxylic acids is 1. The molecule has 8 heteroatoms. The monoisotopic (exact) mass is 373 g/mol. The second-order valence-corrected chi connectivity index (χ2v) is 6.57. The van der Waals surface area contributed by atoms with Crippen LogP contribution in [0.2, 0.25) is 0 Å². The molecule has 1 amide bonds. The first-order valence-electron chi connectivity index (χ1n) is 9.66. The number of nitrogens with zero attached hydrogens (tertiary/aromatic N) is 4. The lowest BCUT2D eigenvalue weighted by molar-refractivity contribution is -0.123. The van der Waals surface area contributed by atoms with Crippen LogP contribution in [0.15, 0.2) is 18.2 Å². The van der Waals surface area contributed by atoms with Gasteiger partial charge in [-0.3, -0.25) is 4.79 Å². The molecule has 3 rings (SSSR count). The smallest absolute Gasteiger partial charge is 0.243 e. The molecule has 0 aliphatic heterocycles. The van der Waals surface area contributed by atoms with Crippen LogP contribution >= 0.6 is 0 Å². The zero-order valence-corrected chi connectivity index (χ0v) is 16.0. The minimum Gasteiger partial charge on any atom is -0.490 e. The molecule has 8 nitrogen and oxygen atoms in total. The van der Waals surface area contributed by atoms with Gasteiger partial charge in [-0.15, -0.1) is 10.2 Å². The minimum absolute atomic E-state index is 0.0683. The molecule has 1 aromatic heterocycles. The lowest BCUT2D eigenvalue weighted by Gasteiger charge is -2.22. The molecule has 27 heavy (non-hydrogen) atoms.